The van der Waals surface area contributed by atoms with Crippen molar-refractivity contribution in [1.82, 2.24) is 15.1 Å². The first-order valence-electron chi connectivity index (χ1n) is 10.4. The molecule has 2 amide bonds. The summed E-state index contributed by atoms with van der Waals surface area (Å²) in [6.45, 7) is 0.453. The quantitative estimate of drug-likeness (QED) is 0.693. The number of methoxy groups -OCH3 is 2. The summed E-state index contributed by atoms with van der Waals surface area (Å²) in [4.78, 5) is 24.9. The van der Waals surface area contributed by atoms with Gasteiger partial charge in [0.15, 0.2) is 17.2 Å². The number of benzene rings is 1. The fourth-order valence-electron chi connectivity index (χ4n) is 3.74. The number of rotatable bonds is 8. The zero-order valence-electron chi connectivity index (χ0n) is 17.9. The van der Waals surface area contributed by atoms with Gasteiger partial charge in [-0.2, -0.15) is 5.10 Å². The van der Waals surface area contributed by atoms with Crippen LogP contribution in [0.3, 0.4) is 0 Å². The minimum absolute atomic E-state index is 0.0121. The number of aromatic nitrogens is 2. The summed E-state index contributed by atoms with van der Waals surface area (Å²) in [5, 5.41) is 10.0. The molecule has 162 valence electrons. The molecule has 8 heteroatoms. The Morgan fingerprint density at radius 3 is 2.53 bits per heavy atom. The smallest absolute Gasteiger partial charge is 0.271 e. The van der Waals surface area contributed by atoms with Crippen LogP contribution in [-0.2, 0) is 18.3 Å². The van der Waals surface area contributed by atoms with Crippen molar-refractivity contribution in [2.24, 2.45) is 13.0 Å². The van der Waals surface area contributed by atoms with E-state index in [0.717, 1.165) is 31.2 Å². The fraction of sp³-hybridized carbons (Fsp3) is 0.500. The summed E-state index contributed by atoms with van der Waals surface area (Å²) in [7, 11) is 4.91. The van der Waals surface area contributed by atoms with E-state index in [1.807, 2.05) is 18.2 Å². The number of hydrogen-bond donors (Lipinski definition) is 2. The number of anilines is 1. The minimum Gasteiger partial charge on any atom is -0.493 e. The molecule has 0 spiro atoms. The highest BCUT2D eigenvalue weighted by Crippen LogP contribution is 2.27. The summed E-state index contributed by atoms with van der Waals surface area (Å²) >= 11 is 0. The first kappa shape index (κ1) is 21.7. The summed E-state index contributed by atoms with van der Waals surface area (Å²) in [5.41, 5.74) is 1.30. The minimum atomic E-state index is -0.274. The molecule has 0 unspecified atom stereocenters. The molecule has 1 heterocycles. The van der Waals surface area contributed by atoms with Crippen molar-refractivity contribution in [3.63, 3.8) is 0 Å². The molecule has 0 aliphatic heterocycles. The number of ether oxygens (including phenoxy) is 2. The average Bonchev–Trinajstić information content (AvgIpc) is 3.14. The first-order chi connectivity index (χ1) is 14.5. The Kier molecular flexibility index (Phi) is 7.32. The Balaban J connectivity index is 1.53. The second-order valence-corrected chi connectivity index (χ2v) is 7.56. The first-order valence-corrected chi connectivity index (χ1v) is 10.4. The SMILES string of the molecule is COc1ccc(CCNC(=O)c2cc(NC(=O)C3CCCCC3)n(C)n2)cc1OC. The van der Waals surface area contributed by atoms with E-state index in [1.54, 1.807) is 27.3 Å². The van der Waals surface area contributed by atoms with Gasteiger partial charge in [0, 0.05) is 25.6 Å². The zero-order valence-corrected chi connectivity index (χ0v) is 17.9. The predicted octanol–water partition coefficient (Wildman–Crippen LogP) is 2.93. The van der Waals surface area contributed by atoms with Crippen molar-refractivity contribution in [1.29, 1.82) is 0 Å². The summed E-state index contributed by atoms with van der Waals surface area (Å²) in [5.74, 6) is 1.65. The molecule has 1 fully saturated rings. The molecule has 3 rings (SSSR count). The van der Waals surface area contributed by atoms with E-state index in [-0.39, 0.29) is 23.4 Å². The van der Waals surface area contributed by atoms with Crippen LogP contribution in [0.4, 0.5) is 5.82 Å². The van der Waals surface area contributed by atoms with Gasteiger partial charge in [-0.25, -0.2) is 0 Å². The number of carbonyl (C=O) groups is 2. The molecule has 0 bridgehead atoms. The molecular formula is C22H30N4O4. The van der Waals surface area contributed by atoms with E-state index in [9.17, 15) is 9.59 Å². The maximum Gasteiger partial charge on any atom is 0.271 e. The van der Waals surface area contributed by atoms with Gasteiger partial charge in [-0.3, -0.25) is 14.3 Å². The van der Waals surface area contributed by atoms with Crippen LogP contribution in [0.1, 0.15) is 48.2 Å². The van der Waals surface area contributed by atoms with E-state index in [2.05, 4.69) is 15.7 Å². The molecule has 2 aromatic rings. The molecule has 2 N–H and O–H groups in total. The lowest BCUT2D eigenvalue weighted by Crippen LogP contribution is -2.26. The molecule has 1 aliphatic carbocycles. The highest BCUT2D eigenvalue weighted by molar-refractivity contribution is 5.96. The van der Waals surface area contributed by atoms with Gasteiger partial charge in [-0.1, -0.05) is 25.3 Å². The maximum atomic E-state index is 12.5. The van der Waals surface area contributed by atoms with Gasteiger partial charge in [0.2, 0.25) is 5.91 Å². The van der Waals surface area contributed by atoms with E-state index in [4.69, 9.17) is 9.47 Å². The average molecular weight is 415 g/mol. The molecule has 0 atom stereocenters. The molecule has 1 aliphatic rings. The van der Waals surface area contributed by atoms with Crippen LogP contribution in [-0.4, -0.2) is 42.4 Å². The van der Waals surface area contributed by atoms with Crippen LogP contribution in [0.2, 0.25) is 0 Å². The molecule has 0 saturated heterocycles. The van der Waals surface area contributed by atoms with E-state index >= 15 is 0 Å². The van der Waals surface area contributed by atoms with Gasteiger partial charge in [0.1, 0.15) is 5.82 Å². The van der Waals surface area contributed by atoms with Crippen molar-refractivity contribution < 1.29 is 19.1 Å². The van der Waals surface area contributed by atoms with Crippen LogP contribution in [0.15, 0.2) is 24.3 Å². The van der Waals surface area contributed by atoms with Crippen molar-refractivity contribution in [3.8, 4) is 11.5 Å². The lowest BCUT2D eigenvalue weighted by molar-refractivity contribution is -0.120. The lowest BCUT2D eigenvalue weighted by Gasteiger charge is -2.20. The fourth-order valence-corrected chi connectivity index (χ4v) is 3.74. The Morgan fingerprint density at radius 2 is 1.83 bits per heavy atom. The number of carbonyl (C=O) groups excluding carboxylic acids is 2. The van der Waals surface area contributed by atoms with Crippen molar-refractivity contribution in [2.45, 2.75) is 38.5 Å². The van der Waals surface area contributed by atoms with E-state index < -0.39 is 0 Å². The van der Waals surface area contributed by atoms with E-state index in [1.165, 1.54) is 11.1 Å². The Hall–Kier alpha value is -3.03. The third-order valence-electron chi connectivity index (χ3n) is 5.49. The Bertz CT molecular complexity index is 887. The summed E-state index contributed by atoms with van der Waals surface area (Å²) in [6, 6.07) is 7.29. The molecule has 8 nitrogen and oxygen atoms in total. The number of nitrogens with one attached hydrogen (secondary N) is 2. The molecular weight excluding hydrogens is 384 g/mol. The molecule has 1 aromatic carbocycles. The van der Waals surface area contributed by atoms with Gasteiger partial charge < -0.3 is 20.1 Å². The van der Waals surface area contributed by atoms with Crippen LogP contribution in [0.5, 0.6) is 11.5 Å². The van der Waals surface area contributed by atoms with Crippen LogP contribution in [0.25, 0.3) is 0 Å². The van der Waals surface area contributed by atoms with Crippen molar-refractivity contribution in [2.75, 3.05) is 26.1 Å². The highest BCUT2D eigenvalue weighted by atomic mass is 16.5. The largest absolute Gasteiger partial charge is 0.493 e. The van der Waals surface area contributed by atoms with Gasteiger partial charge in [-0.05, 0) is 37.0 Å². The number of amides is 2. The van der Waals surface area contributed by atoms with E-state index in [0.29, 0.717) is 30.3 Å². The van der Waals surface area contributed by atoms with Gasteiger partial charge in [0.25, 0.3) is 5.91 Å². The van der Waals surface area contributed by atoms with Crippen LogP contribution < -0.4 is 20.1 Å². The third-order valence-corrected chi connectivity index (χ3v) is 5.49. The number of nitrogens with zero attached hydrogens (tertiary/aromatic N) is 2. The van der Waals surface area contributed by atoms with Gasteiger partial charge in [0.05, 0.1) is 14.2 Å². The summed E-state index contributed by atoms with van der Waals surface area (Å²) in [6.07, 6.45) is 5.88. The number of hydrogen-bond acceptors (Lipinski definition) is 5. The lowest BCUT2D eigenvalue weighted by atomic mass is 9.89. The summed E-state index contributed by atoms with van der Waals surface area (Å²) < 4.78 is 12.1. The second kappa shape index (κ2) is 10.1. The standard InChI is InChI=1S/C22H30N4O4/c1-26-20(24-21(27)16-7-5-4-6-8-16)14-17(25-26)22(28)23-12-11-15-9-10-18(29-2)19(13-15)30-3/h9-10,13-14,16H,4-8,11-12H2,1-3H3,(H,23,28)(H,24,27). The highest BCUT2D eigenvalue weighted by Gasteiger charge is 2.22. The van der Waals surface area contributed by atoms with Crippen molar-refractivity contribution >= 4 is 17.6 Å². The van der Waals surface area contributed by atoms with Gasteiger partial charge in [-0.15, -0.1) is 0 Å². The third kappa shape index (κ3) is 5.31. The topological polar surface area (TPSA) is 94.5 Å². The maximum absolute atomic E-state index is 12.5. The van der Waals surface area contributed by atoms with Crippen molar-refractivity contribution in [3.05, 3.63) is 35.5 Å². The Morgan fingerprint density at radius 1 is 1.10 bits per heavy atom. The van der Waals surface area contributed by atoms with Crippen LogP contribution in [0, 0.1) is 5.92 Å². The second-order valence-electron chi connectivity index (χ2n) is 7.56. The van der Waals surface area contributed by atoms with Gasteiger partial charge >= 0.3 is 0 Å². The number of aryl methyl sites for hydroxylation is 1. The van der Waals surface area contributed by atoms with Crippen LogP contribution >= 0.6 is 0 Å². The zero-order chi connectivity index (χ0) is 21.5. The monoisotopic (exact) mass is 414 g/mol. The molecule has 1 aromatic heterocycles. The molecule has 0 radical (unpaired) electrons. The molecule has 1 saturated carbocycles. The molecule has 30 heavy (non-hydrogen) atoms. The normalized spacial score (nSPS) is 14.2. The Labute approximate surface area is 176 Å². The predicted molar refractivity (Wildman–Crippen MR) is 114 cm³/mol.